The zero-order valence-electron chi connectivity index (χ0n) is 10.3. The average Bonchev–Trinajstić information content (AvgIpc) is 2.82. The molecular weight excluding hydrogens is 288 g/mol. The van der Waals surface area contributed by atoms with Gasteiger partial charge in [-0.2, -0.15) is 4.98 Å². The van der Waals surface area contributed by atoms with Gasteiger partial charge in [0.15, 0.2) is 10.9 Å². The number of pyridine rings is 1. The summed E-state index contributed by atoms with van der Waals surface area (Å²) in [5, 5.41) is 11.9. The second-order valence-electron chi connectivity index (χ2n) is 3.75. The number of carbonyl (C=O) groups is 1. The number of hydrogen-bond acceptors (Lipinski definition) is 7. The normalized spacial score (nSPS) is 11.4. The molecule has 0 saturated heterocycles. The fourth-order valence-corrected chi connectivity index (χ4v) is 2.21. The first-order valence-electron chi connectivity index (χ1n) is 5.37. The maximum Gasteiger partial charge on any atom is 0.337 e. The minimum absolute atomic E-state index is 0.100. The highest BCUT2D eigenvalue weighted by Crippen LogP contribution is 2.07. The van der Waals surface area contributed by atoms with Crippen LogP contribution < -0.4 is 4.72 Å². The summed E-state index contributed by atoms with van der Waals surface area (Å²) in [4.78, 5) is 18.1. The fourth-order valence-electron chi connectivity index (χ4n) is 1.31. The van der Waals surface area contributed by atoms with E-state index in [0.29, 0.717) is 5.82 Å². The third kappa shape index (κ3) is 3.16. The molecule has 0 bridgehead atoms. The third-order valence-electron chi connectivity index (χ3n) is 2.24. The van der Waals surface area contributed by atoms with Crippen LogP contribution in [0.4, 0.5) is 0 Å². The fraction of sp³-hybridized carbons (Fsp3) is 0.200. The molecule has 0 aliphatic heterocycles. The van der Waals surface area contributed by atoms with E-state index in [2.05, 4.69) is 19.8 Å². The molecule has 0 unspecified atom stereocenters. The molecule has 0 aliphatic rings. The molecule has 20 heavy (non-hydrogen) atoms. The molecule has 10 heteroatoms. The van der Waals surface area contributed by atoms with Crippen molar-refractivity contribution in [3.8, 4) is 0 Å². The molecule has 2 rings (SSSR count). The second kappa shape index (κ2) is 5.35. The number of aromatic nitrogens is 3. The zero-order valence-corrected chi connectivity index (χ0v) is 11.1. The molecule has 0 radical (unpaired) electrons. The van der Waals surface area contributed by atoms with Gasteiger partial charge in [0.1, 0.15) is 0 Å². The van der Waals surface area contributed by atoms with Crippen LogP contribution in [-0.4, -0.2) is 34.6 Å². The highest BCUT2D eigenvalue weighted by Gasteiger charge is 2.17. The Bertz CT molecular complexity index is 722. The standard InChI is InChI=1S/C10H10N4O5S/c1-6-13-8(19-14-6)5-12-20(17,18)9-3-2-7(4-11-9)10(15)16/h2-4,12H,5H2,1H3,(H,15,16). The summed E-state index contributed by atoms with van der Waals surface area (Å²) in [7, 11) is -3.87. The Hall–Kier alpha value is -2.33. The van der Waals surface area contributed by atoms with Gasteiger partial charge in [0.2, 0.25) is 5.89 Å². The van der Waals surface area contributed by atoms with Crippen molar-refractivity contribution in [2.75, 3.05) is 0 Å². The topological polar surface area (TPSA) is 135 Å². The second-order valence-corrected chi connectivity index (χ2v) is 5.46. The number of sulfonamides is 1. The molecule has 9 nitrogen and oxygen atoms in total. The lowest BCUT2D eigenvalue weighted by molar-refractivity contribution is 0.0696. The molecule has 2 heterocycles. The zero-order chi connectivity index (χ0) is 14.8. The van der Waals surface area contributed by atoms with Gasteiger partial charge in [-0.05, 0) is 19.1 Å². The van der Waals surface area contributed by atoms with Gasteiger partial charge in [0, 0.05) is 6.20 Å². The number of rotatable bonds is 5. The van der Waals surface area contributed by atoms with Gasteiger partial charge in [-0.3, -0.25) is 0 Å². The Morgan fingerprint density at radius 2 is 2.20 bits per heavy atom. The molecule has 0 spiro atoms. The van der Waals surface area contributed by atoms with Gasteiger partial charge in [0.05, 0.1) is 12.1 Å². The summed E-state index contributed by atoms with van der Waals surface area (Å²) >= 11 is 0. The van der Waals surface area contributed by atoms with Crippen LogP contribution in [0.5, 0.6) is 0 Å². The number of aryl methyl sites for hydroxylation is 1. The Kier molecular flexibility index (Phi) is 3.77. The van der Waals surface area contributed by atoms with Crippen LogP contribution in [0, 0.1) is 6.92 Å². The van der Waals surface area contributed by atoms with Gasteiger partial charge in [0.25, 0.3) is 10.0 Å². The van der Waals surface area contributed by atoms with Crippen molar-refractivity contribution in [1.29, 1.82) is 0 Å². The van der Waals surface area contributed by atoms with Gasteiger partial charge in [-0.15, -0.1) is 0 Å². The molecule has 2 aromatic heterocycles. The first-order valence-corrected chi connectivity index (χ1v) is 6.85. The van der Waals surface area contributed by atoms with Crippen LogP contribution in [0.2, 0.25) is 0 Å². The van der Waals surface area contributed by atoms with E-state index in [1.165, 1.54) is 0 Å². The van der Waals surface area contributed by atoms with Gasteiger partial charge in [-0.1, -0.05) is 5.16 Å². The third-order valence-corrected chi connectivity index (χ3v) is 3.56. The van der Waals surface area contributed by atoms with E-state index in [9.17, 15) is 13.2 Å². The van der Waals surface area contributed by atoms with Crippen molar-refractivity contribution < 1.29 is 22.8 Å². The van der Waals surface area contributed by atoms with E-state index in [1.54, 1.807) is 6.92 Å². The lowest BCUT2D eigenvalue weighted by Gasteiger charge is -2.03. The lowest BCUT2D eigenvalue weighted by Crippen LogP contribution is -2.24. The molecule has 0 amide bonds. The van der Waals surface area contributed by atoms with Crippen molar-refractivity contribution in [3.05, 3.63) is 35.6 Å². The van der Waals surface area contributed by atoms with E-state index < -0.39 is 16.0 Å². The molecule has 0 atom stereocenters. The summed E-state index contributed by atoms with van der Waals surface area (Å²) in [5.41, 5.74) is -0.100. The maximum absolute atomic E-state index is 11.9. The molecular formula is C10H10N4O5S. The molecule has 2 N–H and O–H groups in total. The lowest BCUT2D eigenvalue weighted by atomic mass is 10.3. The SMILES string of the molecule is Cc1noc(CNS(=O)(=O)c2ccc(C(=O)O)cn2)n1. The Morgan fingerprint density at radius 1 is 1.45 bits per heavy atom. The first kappa shape index (κ1) is 14.1. The maximum atomic E-state index is 11.9. The van der Waals surface area contributed by atoms with Crippen LogP contribution in [0.1, 0.15) is 22.1 Å². The highest BCUT2D eigenvalue weighted by atomic mass is 32.2. The summed E-state index contributed by atoms with van der Waals surface area (Å²) in [6, 6.07) is 2.26. The monoisotopic (exact) mass is 298 g/mol. The van der Waals surface area contributed by atoms with Crippen LogP contribution in [0.15, 0.2) is 27.9 Å². The molecule has 106 valence electrons. The molecule has 0 aliphatic carbocycles. The van der Waals surface area contributed by atoms with Gasteiger partial charge < -0.3 is 9.63 Å². The predicted octanol–water partition coefficient (Wildman–Crippen LogP) is -0.0503. The van der Waals surface area contributed by atoms with E-state index >= 15 is 0 Å². The molecule has 0 fully saturated rings. The first-order chi connectivity index (χ1) is 9.38. The van der Waals surface area contributed by atoms with E-state index in [-0.39, 0.29) is 23.0 Å². The van der Waals surface area contributed by atoms with Crippen LogP contribution >= 0.6 is 0 Å². The number of carboxylic acids is 1. The van der Waals surface area contributed by atoms with Crippen molar-refractivity contribution in [1.82, 2.24) is 19.8 Å². The number of aromatic carboxylic acids is 1. The molecule has 0 saturated carbocycles. The smallest absolute Gasteiger partial charge is 0.337 e. The summed E-state index contributed by atoms with van der Waals surface area (Å²) in [6.07, 6.45) is 0.966. The molecule has 2 aromatic rings. The minimum atomic E-state index is -3.87. The van der Waals surface area contributed by atoms with Gasteiger partial charge >= 0.3 is 5.97 Å². The Morgan fingerprint density at radius 3 is 2.70 bits per heavy atom. The highest BCUT2D eigenvalue weighted by molar-refractivity contribution is 7.89. The quantitative estimate of drug-likeness (QED) is 0.784. The summed E-state index contributed by atoms with van der Waals surface area (Å²) in [5.74, 6) is -0.674. The predicted molar refractivity (Wildman–Crippen MR) is 64.3 cm³/mol. The van der Waals surface area contributed by atoms with Gasteiger partial charge in [-0.25, -0.2) is 22.9 Å². The van der Waals surface area contributed by atoms with Crippen molar-refractivity contribution in [2.24, 2.45) is 0 Å². The van der Waals surface area contributed by atoms with Crippen LogP contribution in [-0.2, 0) is 16.6 Å². The van der Waals surface area contributed by atoms with E-state index in [0.717, 1.165) is 18.3 Å². The summed E-state index contributed by atoms with van der Waals surface area (Å²) in [6.45, 7) is 1.43. The minimum Gasteiger partial charge on any atom is -0.478 e. The van der Waals surface area contributed by atoms with Crippen molar-refractivity contribution >= 4 is 16.0 Å². The van der Waals surface area contributed by atoms with E-state index in [4.69, 9.17) is 9.63 Å². The van der Waals surface area contributed by atoms with Crippen molar-refractivity contribution in [2.45, 2.75) is 18.5 Å². The van der Waals surface area contributed by atoms with Crippen LogP contribution in [0.3, 0.4) is 0 Å². The number of hydrogen-bond donors (Lipinski definition) is 2. The number of carboxylic acid groups (broad SMARTS) is 1. The van der Waals surface area contributed by atoms with E-state index in [1.807, 2.05) is 0 Å². The number of nitrogens with one attached hydrogen (secondary N) is 1. The molecule has 0 aromatic carbocycles. The van der Waals surface area contributed by atoms with Crippen LogP contribution in [0.25, 0.3) is 0 Å². The Balaban J connectivity index is 2.11. The Labute approximate surface area is 113 Å². The van der Waals surface area contributed by atoms with Crippen molar-refractivity contribution in [3.63, 3.8) is 0 Å². The number of nitrogens with zero attached hydrogens (tertiary/aromatic N) is 3. The largest absolute Gasteiger partial charge is 0.478 e. The average molecular weight is 298 g/mol. The summed E-state index contributed by atoms with van der Waals surface area (Å²) < 4.78 is 30.7.